The lowest BCUT2D eigenvalue weighted by Crippen LogP contribution is -2.47. The summed E-state index contributed by atoms with van der Waals surface area (Å²) < 4.78 is 0. The minimum atomic E-state index is -1.46. The van der Waals surface area contributed by atoms with E-state index in [1.807, 2.05) is 13.0 Å². The summed E-state index contributed by atoms with van der Waals surface area (Å²) in [7, 11) is 0. The third-order valence-corrected chi connectivity index (χ3v) is 3.93. The van der Waals surface area contributed by atoms with Gasteiger partial charge in [0.1, 0.15) is 5.54 Å². The summed E-state index contributed by atoms with van der Waals surface area (Å²) in [5.74, 6) is -0.903. The molecule has 0 radical (unpaired) electrons. The van der Waals surface area contributed by atoms with Crippen LogP contribution in [0.2, 0.25) is 0 Å². The van der Waals surface area contributed by atoms with E-state index in [-0.39, 0.29) is 5.75 Å². The highest BCUT2D eigenvalue weighted by Crippen LogP contribution is 2.26. The SMILES string of the molecule is Cc1ccnc(SCC(N)(C(=O)O)c2ccccc2)n1. The van der Waals surface area contributed by atoms with E-state index in [1.165, 1.54) is 11.8 Å². The van der Waals surface area contributed by atoms with Crippen LogP contribution in [0.5, 0.6) is 0 Å². The number of aromatic nitrogens is 2. The van der Waals surface area contributed by atoms with Crippen molar-refractivity contribution in [3.8, 4) is 0 Å². The van der Waals surface area contributed by atoms with Crippen molar-refractivity contribution >= 4 is 17.7 Å². The minimum absolute atomic E-state index is 0.162. The molecule has 0 fully saturated rings. The molecule has 0 spiro atoms. The Morgan fingerprint density at radius 2 is 2.05 bits per heavy atom. The lowest BCUT2D eigenvalue weighted by atomic mass is 9.93. The second-order valence-electron chi connectivity index (χ2n) is 4.41. The fraction of sp³-hybridized carbons (Fsp3) is 0.214. The largest absolute Gasteiger partial charge is 0.480 e. The molecular weight excluding hydrogens is 274 g/mol. The van der Waals surface area contributed by atoms with Gasteiger partial charge in [-0.05, 0) is 18.6 Å². The molecule has 6 heteroatoms. The predicted molar refractivity (Wildman–Crippen MR) is 77.4 cm³/mol. The minimum Gasteiger partial charge on any atom is -0.480 e. The Labute approximate surface area is 121 Å². The van der Waals surface area contributed by atoms with E-state index in [1.54, 1.807) is 36.5 Å². The fourth-order valence-corrected chi connectivity index (χ4v) is 2.67. The molecule has 0 aliphatic rings. The Hall–Kier alpha value is -1.92. The van der Waals surface area contributed by atoms with Crippen molar-refractivity contribution in [1.29, 1.82) is 0 Å². The topological polar surface area (TPSA) is 89.1 Å². The van der Waals surface area contributed by atoms with Gasteiger partial charge in [-0.2, -0.15) is 0 Å². The predicted octanol–water partition coefficient (Wildman–Crippen LogP) is 1.82. The quantitative estimate of drug-likeness (QED) is 0.644. The number of benzene rings is 1. The average Bonchev–Trinajstić information content (AvgIpc) is 2.45. The second-order valence-corrected chi connectivity index (χ2v) is 5.35. The van der Waals surface area contributed by atoms with Crippen LogP contribution in [-0.4, -0.2) is 26.8 Å². The van der Waals surface area contributed by atoms with Gasteiger partial charge in [0.25, 0.3) is 0 Å². The number of hydrogen-bond donors (Lipinski definition) is 2. The molecule has 1 heterocycles. The van der Waals surface area contributed by atoms with Crippen LogP contribution < -0.4 is 5.73 Å². The molecule has 0 bridgehead atoms. The standard InChI is InChI=1S/C14H15N3O2S/c1-10-7-8-16-13(17-10)20-9-14(15,12(18)19)11-5-3-2-4-6-11/h2-8H,9,15H2,1H3,(H,18,19). The van der Waals surface area contributed by atoms with Crippen molar-refractivity contribution < 1.29 is 9.90 Å². The van der Waals surface area contributed by atoms with Gasteiger partial charge in [-0.1, -0.05) is 42.1 Å². The lowest BCUT2D eigenvalue weighted by molar-refractivity contribution is -0.142. The normalized spacial score (nSPS) is 13.7. The maximum atomic E-state index is 11.5. The fourth-order valence-electron chi connectivity index (χ4n) is 1.68. The van der Waals surface area contributed by atoms with Gasteiger partial charge in [-0.25, -0.2) is 14.8 Å². The number of thioether (sulfide) groups is 1. The molecule has 1 aromatic carbocycles. The van der Waals surface area contributed by atoms with Crippen molar-refractivity contribution in [2.75, 3.05) is 5.75 Å². The lowest BCUT2D eigenvalue weighted by Gasteiger charge is -2.24. The van der Waals surface area contributed by atoms with Gasteiger partial charge in [-0.3, -0.25) is 0 Å². The van der Waals surface area contributed by atoms with Crippen molar-refractivity contribution in [1.82, 2.24) is 9.97 Å². The van der Waals surface area contributed by atoms with Crippen molar-refractivity contribution in [2.24, 2.45) is 5.73 Å². The van der Waals surface area contributed by atoms with Gasteiger partial charge in [0, 0.05) is 17.6 Å². The van der Waals surface area contributed by atoms with Gasteiger partial charge >= 0.3 is 5.97 Å². The molecule has 0 saturated heterocycles. The molecule has 0 aliphatic carbocycles. The first-order valence-electron chi connectivity index (χ1n) is 6.02. The third-order valence-electron chi connectivity index (χ3n) is 2.87. The van der Waals surface area contributed by atoms with Gasteiger partial charge < -0.3 is 10.8 Å². The Bertz CT molecular complexity index is 606. The Morgan fingerprint density at radius 1 is 1.35 bits per heavy atom. The first-order valence-corrected chi connectivity index (χ1v) is 7.01. The van der Waals surface area contributed by atoms with E-state index in [0.717, 1.165) is 5.69 Å². The Morgan fingerprint density at radius 3 is 2.65 bits per heavy atom. The molecular formula is C14H15N3O2S. The first kappa shape index (κ1) is 14.5. The van der Waals surface area contributed by atoms with Crippen LogP contribution in [0.3, 0.4) is 0 Å². The molecule has 1 aromatic heterocycles. The summed E-state index contributed by atoms with van der Waals surface area (Å²) in [6.07, 6.45) is 1.64. The molecule has 1 atom stereocenters. The molecule has 104 valence electrons. The maximum absolute atomic E-state index is 11.5. The summed E-state index contributed by atoms with van der Waals surface area (Å²) in [4.78, 5) is 19.9. The zero-order chi connectivity index (χ0) is 14.6. The number of rotatable bonds is 5. The van der Waals surface area contributed by atoms with Crippen molar-refractivity contribution in [3.05, 3.63) is 53.9 Å². The third kappa shape index (κ3) is 3.15. The summed E-state index contributed by atoms with van der Waals surface area (Å²) in [5, 5.41) is 9.96. The van der Waals surface area contributed by atoms with E-state index < -0.39 is 11.5 Å². The number of hydrogen-bond acceptors (Lipinski definition) is 5. The van der Waals surface area contributed by atoms with Gasteiger partial charge in [0.2, 0.25) is 0 Å². The number of nitrogens with zero attached hydrogens (tertiary/aromatic N) is 2. The molecule has 1 unspecified atom stereocenters. The van der Waals surface area contributed by atoms with Crippen molar-refractivity contribution in [2.45, 2.75) is 17.6 Å². The number of nitrogens with two attached hydrogens (primary N) is 1. The second kappa shape index (κ2) is 6.02. The molecule has 2 rings (SSSR count). The van der Waals surface area contributed by atoms with Crippen LogP contribution in [0.4, 0.5) is 0 Å². The number of carboxylic acid groups (broad SMARTS) is 1. The summed E-state index contributed by atoms with van der Waals surface area (Å²) in [6, 6.07) is 10.6. The molecule has 5 nitrogen and oxygen atoms in total. The molecule has 2 aromatic rings. The van der Waals surface area contributed by atoms with Crippen LogP contribution in [0, 0.1) is 6.92 Å². The molecule has 20 heavy (non-hydrogen) atoms. The number of carboxylic acids is 1. The van der Waals surface area contributed by atoms with E-state index in [4.69, 9.17) is 5.73 Å². The van der Waals surface area contributed by atoms with E-state index in [0.29, 0.717) is 10.7 Å². The van der Waals surface area contributed by atoms with Crippen LogP contribution in [0.15, 0.2) is 47.8 Å². The Balaban J connectivity index is 2.20. The van der Waals surface area contributed by atoms with Gasteiger partial charge in [0.05, 0.1) is 0 Å². The zero-order valence-corrected chi connectivity index (χ0v) is 11.8. The van der Waals surface area contributed by atoms with Crippen LogP contribution >= 0.6 is 11.8 Å². The average molecular weight is 289 g/mol. The zero-order valence-electron chi connectivity index (χ0n) is 11.0. The van der Waals surface area contributed by atoms with Gasteiger partial charge in [-0.15, -0.1) is 0 Å². The number of carbonyl (C=O) groups is 1. The highest BCUT2D eigenvalue weighted by atomic mass is 32.2. The van der Waals surface area contributed by atoms with Crippen molar-refractivity contribution in [3.63, 3.8) is 0 Å². The monoisotopic (exact) mass is 289 g/mol. The van der Waals surface area contributed by atoms with E-state index >= 15 is 0 Å². The first-order chi connectivity index (χ1) is 9.52. The van der Waals surface area contributed by atoms with Crippen LogP contribution in [0.25, 0.3) is 0 Å². The maximum Gasteiger partial charge on any atom is 0.329 e. The highest BCUT2D eigenvalue weighted by Gasteiger charge is 2.36. The van der Waals surface area contributed by atoms with Gasteiger partial charge in [0.15, 0.2) is 5.16 Å². The molecule has 0 amide bonds. The molecule has 0 saturated carbocycles. The highest BCUT2D eigenvalue weighted by molar-refractivity contribution is 7.99. The summed E-state index contributed by atoms with van der Waals surface area (Å²) in [5.41, 5.74) is 6.01. The van der Waals surface area contributed by atoms with Crippen LogP contribution in [-0.2, 0) is 10.3 Å². The number of aryl methyl sites for hydroxylation is 1. The summed E-state index contributed by atoms with van der Waals surface area (Å²) >= 11 is 1.24. The smallest absolute Gasteiger partial charge is 0.329 e. The molecule has 3 N–H and O–H groups in total. The Kier molecular flexibility index (Phi) is 4.36. The number of aliphatic carboxylic acids is 1. The van der Waals surface area contributed by atoms with Crippen LogP contribution in [0.1, 0.15) is 11.3 Å². The van der Waals surface area contributed by atoms with E-state index in [9.17, 15) is 9.90 Å². The molecule has 0 aliphatic heterocycles. The van der Waals surface area contributed by atoms with E-state index in [2.05, 4.69) is 9.97 Å². The summed E-state index contributed by atoms with van der Waals surface area (Å²) in [6.45, 7) is 1.86.